The number of hydrogen-bond donors (Lipinski definition) is 0. The van der Waals surface area contributed by atoms with Crippen molar-refractivity contribution in [3.8, 4) is 11.7 Å². The number of methoxy groups -OCH3 is 1. The number of anilines is 1. The van der Waals surface area contributed by atoms with Crippen molar-refractivity contribution in [1.82, 2.24) is 29.9 Å². The fraction of sp³-hybridized carbons (Fsp3) is 0.400. The van der Waals surface area contributed by atoms with E-state index in [1.54, 1.807) is 7.11 Å². The molecule has 0 atom stereocenters. The Hall–Kier alpha value is -3.00. The van der Waals surface area contributed by atoms with E-state index in [-0.39, 0.29) is 0 Å². The number of rotatable bonds is 5. The molecular weight excluding hydrogens is 354 g/mol. The van der Waals surface area contributed by atoms with E-state index in [0.717, 1.165) is 55.7 Å². The fourth-order valence-electron chi connectivity index (χ4n) is 3.48. The SMILES string of the molecule is COc1ccc(CN2CCN(c3ccc(-n4nc(C)cc4C)nn3)CC2)cn1. The lowest BCUT2D eigenvalue weighted by Gasteiger charge is -2.35. The van der Waals surface area contributed by atoms with Gasteiger partial charge in [0.2, 0.25) is 5.88 Å². The van der Waals surface area contributed by atoms with Crippen LogP contribution in [-0.2, 0) is 6.54 Å². The summed E-state index contributed by atoms with van der Waals surface area (Å²) in [6.07, 6.45) is 1.88. The molecule has 1 aliphatic rings. The molecule has 1 fully saturated rings. The molecule has 0 saturated carbocycles. The lowest BCUT2D eigenvalue weighted by molar-refractivity contribution is 0.248. The molecule has 0 bridgehead atoms. The molecular formula is C20H25N7O. The molecule has 8 nitrogen and oxygen atoms in total. The van der Waals surface area contributed by atoms with E-state index in [0.29, 0.717) is 5.88 Å². The normalized spacial score (nSPS) is 15.0. The van der Waals surface area contributed by atoms with Gasteiger partial charge in [0.25, 0.3) is 0 Å². The van der Waals surface area contributed by atoms with Gasteiger partial charge in [-0.2, -0.15) is 5.10 Å². The number of aromatic nitrogens is 5. The van der Waals surface area contributed by atoms with Crippen molar-refractivity contribution in [2.24, 2.45) is 0 Å². The highest BCUT2D eigenvalue weighted by Gasteiger charge is 2.19. The van der Waals surface area contributed by atoms with Gasteiger partial charge in [-0.25, -0.2) is 9.67 Å². The number of hydrogen-bond acceptors (Lipinski definition) is 7. The maximum atomic E-state index is 5.12. The first-order valence-corrected chi connectivity index (χ1v) is 9.46. The standard InChI is InChI=1S/C20H25N7O/c1-15-12-16(2)27(24-15)19-6-5-18(22-23-19)26-10-8-25(9-11-26)14-17-4-7-20(28-3)21-13-17/h4-7,12-13H,8-11,14H2,1-3H3. The van der Waals surface area contributed by atoms with Gasteiger partial charge in [-0.3, -0.25) is 4.90 Å². The maximum Gasteiger partial charge on any atom is 0.212 e. The number of ether oxygens (including phenoxy) is 1. The summed E-state index contributed by atoms with van der Waals surface area (Å²) >= 11 is 0. The van der Waals surface area contributed by atoms with Crippen molar-refractivity contribution in [2.45, 2.75) is 20.4 Å². The molecule has 3 aromatic rings. The van der Waals surface area contributed by atoms with Gasteiger partial charge in [0.05, 0.1) is 12.8 Å². The van der Waals surface area contributed by atoms with Crippen LogP contribution in [0.15, 0.2) is 36.5 Å². The zero-order valence-electron chi connectivity index (χ0n) is 16.5. The quantitative estimate of drug-likeness (QED) is 0.671. The molecule has 0 spiro atoms. The van der Waals surface area contributed by atoms with E-state index in [4.69, 9.17) is 4.74 Å². The fourth-order valence-corrected chi connectivity index (χ4v) is 3.48. The molecule has 0 radical (unpaired) electrons. The molecule has 4 rings (SSSR count). The summed E-state index contributed by atoms with van der Waals surface area (Å²) in [5, 5.41) is 13.3. The monoisotopic (exact) mass is 379 g/mol. The first-order chi connectivity index (χ1) is 13.6. The number of aryl methyl sites for hydroxylation is 2. The minimum absolute atomic E-state index is 0.649. The number of nitrogens with zero attached hydrogens (tertiary/aromatic N) is 7. The Morgan fingerprint density at radius 3 is 2.29 bits per heavy atom. The third-order valence-corrected chi connectivity index (χ3v) is 4.97. The largest absolute Gasteiger partial charge is 0.481 e. The van der Waals surface area contributed by atoms with E-state index in [9.17, 15) is 0 Å². The lowest BCUT2D eigenvalue weighted by atomic mass is 10.2. The molecule has 1 saturated heterocycles. The molecule has 0 N–H and O–H groups in total. The Balaban J connectivity index is 1.35. The van der Waals surface area contributed by atoms with E-state index < -0.39 is 0 Å². The Morgan fingerprint density at radius 1 is 0.964 bits per heavy atom. The van der Waals surface area contributed by atoms with Gasteiger partial charge in [0, 0.05) is 50.7 Å². The smallest absolute Gasteiger partial charge is 0.212 e. The van der Waals surface area contributed by atoms with Gasteiger partial charge in [0.15, 0.2) is 11.6 Å². The van der Waals surface area contributed by atoms with Gasteiger partial charge < -0.3 is 9.64 Å². The second-order valence-electron chi connectivity index (χ2n) is 7.06. The zero-order chi connectivity index (χ0) is 19.5. The number of piperazine rings is 1. The van der Waals surface area contributed by atoms with Gasteiger partial charge in [-0.1, -0.05) is 6.07 Å². The molecule has 0 amide bonds. The van der Waals surface area contributed by atoms with Crippen LogP contribution in [-0.4, -0.2) is 63.2 Å². The van der Waals surface area contributed by atoms with Crippen LogP contribution < -0.4 is 9.64 Å². The van der Waals surface area contributed by atoms with Crippen LogP contribution in [0.1, 0.15) is 17.0 Å². The van der Waals surface area contributed by atoms with E-state index >= 15 is 0 Å². The minimum atomic E-state index is 0.649. The van der Waals surface area contributed by atoms with Gasteiger partial charge in [-0.15, -0.1) is 10.2 Å². The predicted octanol–water partition coefficient (Wildman–Crippen LogP) is 2.00. The predicted molar refractivity (Wildman–Crippen MR) is 107 cm³/mol. The van der Waals surface area contributed by atoms with Crippen LogP contribution in [0.5, 0.6) is 5.88 Å². The van der Waals surface area contributed by atoms with Crippen LogP contribution in [0.25, 0.3) is 5.82 Å². The highest BCUT2D eigenvalue weighted by molar-refractivity contribution is 5.40. The summed E-state index contributed by atoms with van der Waals surface area (Å²) in [4.78, 5) is 8.99. The molecule has 0 aliphatic carbocycles. The third-order valence-electron chi connectivity index (χ3n) is 4.97. The van der Waals surface area contributed by atoms with E-state index in [2.05, 4.69) is 36.1 Å². The molecule has 1 aliphatic heterocycles. The van der Waals surface area contributed by atoms with Crippen molar-refractivity contribution >= 4 is 5.82 Å². The number of pyridine rings is 1. The summed E-state index contributed by atoms with van der Waals surface area (Å²) in [5.74, 6) is 2.31. The van der Waals surface area contributed by atoms with Crippen LogP contribution in [0.2, 0.25) is 0 Å². The molecule has 146 valence electrons. The molecule has 0 unspecified atom stereocenters. The van der Waals surface area contributed by atoms with Crippen molar-refractivity contribution in [2.75, 3.05) is 38.2 Å². The Kier molecular flexibility index (Phi) is 5.21. The summed E-state index contributed by atoms with van der Waals surface area (Å²) < 4.78 is 6.94. The zero-order valence-corrected chi connectivity index (χ0v) is 16.5. The van der Waals surface area contributed by atoms with Crippen molar-refractivity contribution in [3.05, 3.63) is 53.5 Å². The summed E-state index contributed by atoms with van der Waals surface area (Å²) in [5.41, 5.74) is 3.23. The van der Waals surface area contributed by atoms with Crippen molar-refractivity contribution in [3.63, 3.8) is 0 Å². The molecule has 3 aromatic heterocycles. The Morgan fingerprint density at radius 2 is 1.71 bits per heavy atom. The highest BCUT2D eigenvalue weighted by Crippen LogP contribution is 2.17. The minimum Gasteiger partial charge on any atom is -0.481 e. The van der Waals surface area contributed by atoms with E-state index in [1.807, 2.05) is 49.0 Å². The first-order valence-electron chi connectivity index (χ1n) is 9.46. The average Bonchev–Trinajstić information content (AvgIpc) is 3.07. The lowest BCUT2D eigenvalue weighted by Crippen LogP contribution is -2.46. The van der Waals surface area contributed by atoms with E-state index in [1.165, 1.54) is 5.56 Å². The first kappa shape index (κ1) is 18.4. The third kappa shape index (κ3) is 3.96. The summed E-state index contributed by atoms with van der Waals surface area (Å²) in [6.45, 7) is 8.71. The molecule has 28 heavy (non-hydrogen) atoms. The van der Waals surface area contributed by atoms with Crippen LogP contribution in [0.3, 0.4) is 0 Å². The second kappa shape index (κ2) is 7.93. The molecule has 4 heterocycles. The maximum absolute atomic E-state index is 5.12. The van der Waals surface area contributed by atoms with Crippen molar-refractivity contribution in [1.29, 1.82) is 0 Å². The molecule has 0 aromatic carbocycles. The van der Waals surface area contributed by atoms with Crippen LogP contribution >= 0.6 is 0 Å². The Bertz CT molecular complexity index is 913. The Labute approximate surface area is 164 Å². The van der Waals surface area contributed by atoms with Crippen molar-refractivity contribution < 1.29 is 4.74 Å². The van der Waals surface area contributed by atoms with Gasteiger partial charge in [-0.05, 0) is 37.6 Å². The topological polar surface area (TPSA) is 72.2 Å². The van der Waals surface area contributed by atoms with Crippen LogP contribution in [0.4, 0.5) is 5.82 Å². The van der Waals surface area contributed by atoms with Crippen LogP contribution in [0, 0.1) is 13.8 Å². The average molecular weight is 379 g/mol. The van der Waals surface area contributed by atoms with Gasteiger partial charge >= 0.3 is 0 Å². The summed E-state index contributed by atoms with van der Waals surface area (Å²) in [6, 6.07) is 10.0. The van der Waals surface area contributed by atoms with Gasteiger partial charge in [0.1, 0.15) is 0 Å². The summed E-state index contributed by atoms with van der Waals surface area (Å²) in [7, 11) is 1.63. The molecule has 8 heteroatoms. The second-order valence-corrected chi connectivity index (χ2v) is 7.06. The highest BCUT2D eigenvalue weighted by atomic mass is 16.5.